The predicted octanol–water partition coefficient (Wildman–Crippen LogP) is 1.70. The number of rotatable bonds is 8. The van der Waals surface area contributed by atoms with Gasteiger partial charge in [0, 0.05) is 30.3 Å². The quantitative estimate of drug-likeness (QED) is 0.555. The molecule has 1 aromatic carbocycles. The number of nitrogens with zero attached hydrogens (tertiary/aromatic N) is 1. The maximum atomic E-state index is 13.0. The summed E-state index contributed by atoms with van der Waals surface area (Å²) in [5, 5.41) is 2.58. The third kappa shape index (κ3) is 5.53. The SMILES string of the molecule is COc1ccc(C(=O)C(NC(=O)COC(C)=O)c2ccc(OC)nc2)cc1. The molecule has 0 spiro atoms. The monoisotopic (exact) mass is 372 g/mol. The van der Waals surface area contributed by atoms with Gasteiger partial charge in [0.2, 0.25) is 5.88 Å². The highest BCUT2D eigenvalue weighted by Crippen LogP contribution is 2.21. The van der Waals surface area contributed by atoms with Crippen LogP contribution < -0.4 is 14.8 Å². The molecule has 1 unspecified atom stereocenters. The lowest BCUT2D eigenvalue weighted by Crippen LogP contribution is -2.36. The summed E-state index contributed by atoms with van der Waals surface area (Å²) >= 11 is 0. The average Bonchev–Trinajstić information content (AvgIpc) is 2.70. The van der Waals surface area contributed by atoms with Crippen LogP contribution in [-0.4, -0.2) is 43.5 Å². The number of methoxy groups -OCH3 is 2. The van der Waals surface area contributed by atoms with E-state index < -0.39 is 24.5 Å². The van der Waals surface area contributed by atoms with Crippen molar-refractivity contribution in [3.05, 3.63) is 53.7 Å². The zero-order valence-electron chi connectivity index (χ0n) is 15.2. The molecule has 1 N–H and O–H groups in total. The van der Waals surface area contributed by atoms with E-state index in [4.69, 9.17) is 9.47 Å². The first-order valence-corrected chi connectivity index (χ1v) is 8.05. The van der Waals surface area contributed by atoms with E-state index in [0.717, 1.165) is 0 Å². The molecule has 0 aliphatic rings. The Morgan fingerprint density at radius 3 is 2.26 bits per heavy atom. The van der Waals surface area contributed by atoms with Gasteiger partial charge in [-0.1, -0.05) is 0 Å². The normalized spacial score (nSPS) is 11.2. The Bertz CT molecular complexity index is 802. The van der Waals surface area contributed by atoms with E-state index in [9.17, 15) is 14.4 Å². The number of aromatic nitrogens is 1. The molecule has 0 radical (unpaired) electrons. The highest BCUT2D eigenvalue weighted by molar-refractivity contribution is 6.02. The first kappa shape index (κ1) is 19.9. The predicted molar refractivity (Wildman–Crippen MR) is 95.6 cm³/mol. The molecule has 1 aromatic heterocycles. The first-order chi connectivity index (χ1) is 12.9. The molecule has 0 saturated carbocycles. The van der Waals surface area contributed by atoms with Gasteiger partial charge in [0.05, 0.1) is 14.2 Å². The first-order valence-electron chi connectivity index (χ1n) is 8.05. The summed E-state index contributed by atoms with van der Waals surface area (Å²) in [7, 11) is 3.00. The summed E-state index contributed by atoms with van der Waals surface area (Å²) in [5.41, 5.74) is 0.845. The lowest BCUT2D eigenvalue weighted by molar-refractivity contribution is -0.146. The molecule has 0 bridgehead atoms. The van der Waals surface area contributed by atoms with Gasteiger partial charge in [-0.2, -0.15) is 0 Å². The molecule has 2 rings (SSSR count). The van der Waals surface area contributed by atoms with E-state index in [0.29, 0.717) is 22.8 Å². The molecule has 1 atom stereocenters. The Hall–Kier alpha value is -3.42. The van der Waals surface area contributed by atoms with Crippen molar-refractivity contribution in [3.63, 3.8) is 0 Å². The summed E-state index contributed by atoms with van der Waals surface area (Å²) in [6.07, 6.45) is 1.44. The summed E-state index contributed by atoms with van der Waals surface area (Å²) in [5.74, 6) is -0.559. The van der Waals surface area contributed by atoms with Crippen LogP contribution in [0.15, 0.2) is 42.6 Å². The van der Waals surface area contributed by atoms with Crippen molar-refractivity contribution in [1.29, 1.82) is 0 Å². The number of esters is 1. The van der Waals surface area contributed by atoms with Gasteiger partial charge in [0.15, 0.2) is 12.4 Å². The van der Waals surface area contributed by atoms with Crippen LogP contribution in [0, 0.1) is 0 Å². The van der Waals surface area contributed by atoms with Gasteiger partial charge in [-0.25, -0.2) is 4.98 Å². The Morgan fingerprint density at radius 1 is 1.04 bits per heavy atom. The number of hydrogen-bond acceptors (Lipinski definition) is 7. The molecule has 0 aliphatic carbocycles. The number of carbonyl (C=O) groups is 3. The molecule has 1 heterocycles. The fourth-order valence-electron chi connectivity index (χ4n) is 2.28. The smallest absolute Gasteiger partial charge is 0.303 e. The van der Waals surface area contributed by atoms with Gasteiger partial charge in [-0.05, 0) is 30.3 Å². The Kier molecular flexibility index (Phi) is 6.87. The number of benzene rings is 1. The third-order valence-electron chi connectivity index (χ3n) is 3.65. The molecular weight excluding hydrogens is 352 g/mol. The molecule has 0 aliphatic heterocycles. The fraction of sp³-hybridized carbons (Fsp3) is 0.263. The van der Waals surface area contributed by atoms with Gasteiger partial charge >= 0.3 is 5.97 Å². The summed E-state index contributed by atoms with van der Waals surface area (Å²) < 4.78 is 14.8. The molecule has 8 heteroatoms. The number of hydrogen-bond donors (Lipinski definition) is 1. The molecular formula is C19H20N2O6. The van der Waals surface area contributed by atoms with Crippen LogP contribution in [0.1, 0.15) is 28.9 Å². The van der Waals surface area contributed by atoms with Crippen molar-refractivity contribution < 1.29 is 28.6 Å². The number of carbonyl (C=O) groups excluding carboxylic acids is 3. The molecule has 0 fully saturated rings. The van der Waals surface area contributed by atoms with Gasteiger partial charge in [-0.15, -0.1) is 0 Å². The van der Waals surface area contributed by atoms with Crippen LogP contribution in [0.2, 0.25) is 0 Å². The Balaban J connectivity index is 2.27. The van der Waals surface area contributed by atoms with Crippen molar-refractivity contribution in [2.75, 3.05) is 20.8 Å². The topological polar surface area (TPSA) is 104 Å². The van der Waals surface area contributed by atoms with E-state index in [2.05, 4.69) is 15.0 Å². The molecule has 8 nitrogen and oxygen atoms in total. The van der Waals surface area contributed by atoms with Crippen molar-refractivity contribution in [1.82, 2.24) is 10.3 Å². The number of amides is 1. The van der Waals surface area contributed by atoms with Crippen molar-refractivity contribution in [2.45, 2.75) is 13.0 Å². The van der Waals surface area contributed by atoms with Crippen LogP contribution in [-0.2, 0) is 14.3 Å². The minimum Gasteiger partial charge on any atom is -0.497 e. The Morgan fingerprint density at radius 2 is 1.74 bits per heavy atom. The highest BCUT2D eigenvalue weighted by atomic mass is 16.5. The van der Waals surface area contributed by atoms with E-state index in [1.165, 1.54) is 27.3 Å². The van der Waals surface area contributed by atoms with Crippen molar-refractivity contribution in [2.24, 2.45) is 0 Å². The zero-order chi connectivity index (χ0) is 19.8. The van der Waals surface area contributed by atoms with Crippen LogP contribution in [0.5, 0.6) is 11.6 Å². The number of nitrogens with one attached hydrogen (secondary N) is 1. The minimum atomic E-state index is -1.00. The summed E-state index contributed by atoms with van der Waals surface area (Å²) in [6, 6.07) is 8.72. The Labute approximate surface area is 156 Å². The molecule has 142 valence electrons. The van der Waals surface area contributed by atoms with Crippen LogP contribution >= 0.6 is 0 Å². The average molecular weight is 372 g/mol. The standard InChI is InChI=1S/C19H20N2O6/c1-12(22)27-11-16(23)21-18(14-6-9-17(26-3)20-10-14)19(24)13-4-7-15(25-2)8-5-13/h4-10,18H,11H2,1-3H3,(H,21,23). The molecule has 0 saturated heterocycles. The number of ketones is 1. The van der Waals surface area contributed by atoms with Crippen molar-refractivity contribution in [3.8, 4) is 11.6 Å². The van der Waals surface area contributed by atoms with Crippen LogP contribution in [0.4, 0.5) is 0 Å². The second-order valence-corrected chi connectivity index (χ2v) is 5.51. The van der Waals surface area contributed by atoms with E-state index >= 15 is 0 Å². The van der Waals surface area contributed by atoms with Crippen LogP contribution in [0.25, 0.3) is 0 Å². The number of Topliss-reactive ketones (excluding diaryl/α,β-unsaturated/α-hetero) is 1. The number of ether oxygens (including phenoxy) is 3. The number of pyridine rings is 1. The summed E-state index contributed by atoms with van der Waals surface area (Å²) in [4.78, 5) is 40.0. The zero-order valence-corrected chi connectivity index (χ0v) is 15.2. The van der Waals surface area contributed by atoms with Gasteiger partial charge in [0.25, 0.3) is 5.91 Å². The lowest BCUT2D eigenvalue weighted by atomic mass is 9.98. The lowest BCUT2D eigenvalue weighted by Gasteiger charge is -2.18. The third-order valence-corrected chi connectivity index (χ3v) is 3.65. The van der Waals surface area contributed by atoms with Gasteiger partial charge < -0.3 is 19.5 Å². The van der Waals surface area contributed by atoms with Gasteiger partial charge in [0.1, 0.15) is 11.8 Å². The second-order valence-electron chi connectivity index (χ2n) is 5.51. The fourth-order valence-corrected chi connectivity index (χ4v) is 2.28. The van der Waals surface area contributed by atoms with E-state index in [1.807, 2.05) is 0 Å². The maximum Gasteiger partial charge on any atom is 0.303 e. The molecule has 27 heavy (non-hydrogen) atoms. The van der Waals surface area contributed by atoms with Gasteiger partial charge in [-0.3, -0.25) is 14.4 Å². The molecule has 2 aromatic rings. The van der Waals surface area contributed by atoms with E-state index in [-0.39, 0.29) is 5.78 Å². The molecule has 1 amide bonds. The maximum absolute atomic E-state index is 13.0. The van der Waals surface area contributed by atoms with E-state index in [1.54, 1.807) is 36.4 Å². The second kappa shape index (κ2) is 9.33. The largest absolute Gasteiger partial charge is 0.497 e. The minimum absolute atomic E-state index is 0.346. The van der Waals surface area contributed by atoms with Crippen molar-refractivity contribution >= 4 is 17.7 Å². The summed E-state index contributed by atoms with van der Waals surface area (Å²) in [6.45, 7) is 0.714. The van der Waals surface area contributed by atoms with Crippen LogP contribution in [0.3, 0.4) is 0 Å². The highest BCUT2D eigenvalue weighted by Gasteiger charge is 2.25.